The fourth-order valence-electron chi connectivity index (χ4n) is 2.20. The molecule has 0 aliphatic carbocycles. The van der Waals surface area contributed by atoms with Gasteiger partial charge in [-0.1, -0.05) is 39.0 Å². The van der Waals surface area contributed by atoms with Crippen molar-refractivity contribution < 1.29 is 4.74 Å². The van der Waals surface area contributed by atoms with Gasteiger partial charge in [0, 0.05) is 6.54 Å². The Morgan fingerprint density at radius 3 is 2.71 bits per heavy atom. The van der Waals surface area contributed by atoms with Crippen molar-refractivity contribution in [1.29, 1.82) is 0 Å². The van der Waals surface area contributed by atoms with Gasteiger partial charge in [0.15, 0.2) is 5.65 Å². The van der Waals surface area contributed by atoms with Crippen LogP contribution in [0.15, 0.2) is 6.33 Å². The van der Waals surface area contributed by atoms with Crippen LogP contribution in [0.1, 0.15) is 52.4 Å². The molecule has 6 nitrogen and oxygen atoms in total. The Balaban J connectivity index is 1.87. The van der Waals surface area contributed by atoms with Gasteiger partial charge in [-0.3, -0.25) is 0 Å². The first-order chi connectivity index (χ1) is 10.3. The molecule has 6 heteroatoms. The Hall–Kier alpha value is -1.85. The average Bonchev–Trinajstić information content (AvgIpc) is 2.95. The molecule has 0 aliphatic heterocycles. The molecule has 0 bridgehead atoms. The van der Waals surface area contributed by atoms with E-state index in [1.54, 1.807) is 6.33 Å². The molecule has 2 heterocycles. The molecule has 0 spiro atoms. The highest BCUT2D eigenvalue weighted by atomic mass is 16.5. The summed E-state index contributed by atoms with van der Waals surface area (Å²) in [5.41, 5.74) is 1.40. The maximum atomic E-state index is 5.81. The van der Waals surface area contributed by atoms with Crippen LogP contribution in [0.25, 0.3) is 11.2 Å². The lowest BCUT2D eigenvalue weighted by Gasteiger charge is -2.08. The number of hydrogen-bond donors (Lipinski definition) is 2. The van der Waals surface area contributed by atoms with Crippen LogP contribution in [0.5, 0.6) is 5.88 Å². The van der Waals surface area contributed by atoms with E-state index in [-0.39, 0.29) is 0 Å². The number of anilines is 1. The fraction of sp³-hybridized carbons (Fsp3) is 0.667. The highest BCUT2D eigenvalue weighted by Crippen LogP contribution is 2.21. The van der Waals surface area contributed by atoms with E-state index in [0.717, 1.165) is 18.5 Å². The number of aromatic nitrogens is 4. The van der Waals surface area contributed by atoms with E-state index in [2.05, 4.69) is 32.2 Å². The number of unbranched alkanes of at least 4 members (excludes halogenated alkanes) is 5. The maximum Gasteiger partial charge on any atom is 0.245 e. The van der Waals surface area contributed by atoms with E-state index in [9.17, 15) is 0 Å². The molecular weight excluding hydrogens is 266 g/mol. The van der Waals surface area contributed by atoms with Gasteiger partial charge in [0.1, 0.15) is 5.52 Å². The largest absolute Gasteiger partial charge is 0.476 e. The molecule has 0 fully saturated rings. The van der Waals surface area contributed by atoms with E-state index in [1.165, 1.54) is 32.1 Å². The Kier molecular flexibility index (Phi) is 6.24. The minimum Gasteiger partial charge on any atom is -0.476 e. The van der Waals surface area contributed by atoms with Crippen molar-refractivity contribution in [3.63, 3.8) is 0 Å². The molecule has 2 aromatic rings. The minimum absolute atomic E-state index is 0.565. The highest BCUT2D eigenvalue weighted by molar-refractivity contribution is 5.76. The van der Waals surface area contributed by atoms with E-state index < -0.39 is 0 Å². The zero-order valence-electron chi connectivity index (χ0n) is 13.0. The van der Waals surface area contributed by atoms with Gasteiger partial charge in [-0.05, 0) is 13.3 Å². The summed E-state index contributed by atoms with van der Waals surface area (Å²) in [5, 5.41) is 3.10. The lowest BCUT2D eigenvalue weighted by Crippen LogP contribution is -2.06. The molecule has 0 aliphatic rings. The number of fused-ring (bicyclic) bond motifs is 1. The summed E-state index contributed by atoms with van der Waals surface area (Å²) in [5.74, 6) is 1.15. The Morgan fingerprint density at radius 2 is 1.90 bits per heavy atom. The van der Waals surface area contributed by atoms with E-state index in [4.69, 9.17) is 4.74 Å². The number of aromatic amines is 1. The number of rotatable bonds is 10. The second-order valence-corrected chi connectivity index (χ2v) is 5.10. The third kappa shape index (κ3) is 4.58. The second-order valence-electron chi connectivity index (χ2n) is 5.10. The quantitative estimate of drug-likeness (QED) is 0.655. The van der Waals surface area contributed by atoms with Gasteiger partial charge >= 0.3 is 0 Å². The monoisotopic (exact) mass is 291 g/mol. The first-order valence-electron chi connectivity index (χ1n) is 7.93. The van der Waals surface area contributed by atoms with Gasteiger partial charge < -0.3 is 15.0 Å². The molecule has 21 heavy (non-hydrogen) atoms. The van der Waals surface area contributed by atoms with Crippen LogP contribution >= 0.6 is 0 Å². The van der Waals surface area contributed by atoms with E-state index in [0.29, 0.717) is 24.1 Å². The highest BCUT2D eigenvalue weighted by Gasteiger charge is 2.10. The normalized spacial score (nSPS) is 11.0. The van der Waals surface area contributed by atoms with Gasteiger partial charge in [-0.25, -0.2) is 4.98 Å². The van der Waals surface area contributed by atoms with Crippen LogP contribution in [-0.2, 0) is 0 Å². The predicted molar refractivity (Wildman–Crippen MR) is 84.7 cm³/mol. The summed E-state index contributed by atoms with van der Waals surface area (Å²) < 4.78 is 5.81. The van der Waals surface area contributed by atoms with Crippen molar-refractivity contribution in [2.75, 3.05) is 18.5 Å². The molecule has 0 amide bonds. The fourth-order valence-corrected chi connectivity index (χ4v) is 2.20. The standard InChI is InChI=1S/C15H25N5O/c1-3-5-6-7-8-9-10-21-14-12-13(18-11-17-12)19-15(20-14)16-4-2/h11H,3-10H2,1-2H3,(H2,16,17,18,19,20). The lowest BCUT2D eigenvalue weighted by molar-refractivity contribution is 0.296. The molecule has 116 valence electrons. The summed E-state index contributed by atoms with van der Waals surface area (Å²) in [4.78, 5) is 15.9. The van der Waals surface area contributed by atoms with Crippen LogP contribution in [-0.4, -0.2) is 33.1 Å². The van der Waals surface area contributed by atoms with Gasteiger partial charge in [0.2, 0.25) is 11.8 Å². The summed E-state index contributed by atoms with van der Waals surface area (Å²) in [6.45, 7) is 5.69. The van der Waals surface area contributed by atoms with Crippen molar-refractivity contribution in [2.45, 2.75) is 52.4 Å². The van der Waals surface area contributed by atoms with E-state index in [1.807, 2.05) is 6.92 Å². The molecular formula is C15H25N5O. The molecule has 0 aromatic carbocycles. The van der Waals surface area contributed by atoms with Gasteiger partial charge in [-0.15, -0.1) is 0 Å². The lowest BCUT2D eigenvalue weighted by atomic mass is 10.1. The van der Waals surface area contributed by atoms with Crippen LogP contribution in [0.4, 0.5) is 5.95 Å². The Labute approximate surface area is 125 Å². The van der Waals surface area contributed by atoms with Crippen molar-refractivity contribution in [3.8, 4) is 5.88 Å². The first kappa shape index (κ1) is 15.5. The molecule has 2 aromatic heterocycles. The third-order valence-corrected chi connectivity index (χ3v) is 3.32. The smallest absolute Gasteiger partial charge is 0.245 e. The second kappa shape index (κ2) is 8.44. The van der Waals surface area contributed by atoms with Crippen LogP contribution < -0.4 is 10.1 Å². The summed E-state index contributed by atoms with van der Waals surface area (Å²) >= 11 is 0. The third-order valence-electron chi connectivity index (χ3n) is 3.32. The number of imidazole rings is 1. The van der Waals surface area contributed by atoms with Crippen molar-refractivity contribution in [2.24, 2.45) is 0 Å². The number of nitrogens with zero attached hydrogens (tertiary/aromatic N) is 3. The van der Waals surface area contributed by atoms with Crippen LogP contribution in [0.3, 0.4) is 0 Å². The van der Waals surface area contributed by atoms with Gasteiger partial charge in [-0.2, -0.15) is 9.97 Å². The van der Waals surface area contributed by atoms with Crippen molar-refractivity contribution in [1.82, 2.24) is 19.9 Å². The Morgan fingerprint density at radius 1 is 1.10 bits per heavy atom. The maximum absolute atomic E-state index is 5.81. The number of ether oxygens (including phenoxy) is 1. The van der Waals surface area contributed by atoms with Gasteiger partial charge in [0.05, 0.1) is 12.9 Å². The predicted octanol–water partition coefficient (Wildman–Crippen LogP) is 3.52. The zero-order chi connectivity index (χ0) is 14.9. The SMILES string of the molecule is CCCCCCCCOc1nc(NCC)nc2nc[nH]c12. The van der Waals surface area contributed by atoms with Crippen LogP contribution in [0.2, 0.25) is 0 Å². The number of hydrogen-bond acceptors (Lipinski definition) is 5. The Bertz CT molecular complexity index is 540. The van der Waals surface area contributed by atoms with Gasteiger partial charge in [0.25, 0.3) is 0 Å². The molecule has 0 saturated heterocycles. The molecule has 0 radical (unpaired) electrons. The average molecular weight is 291 g/mol. The van der Waals surface area contributed by atoms with E-state index >= 15 is 0 Å². The summed E-state index contributed by atoms with van der Waals surface area (Å²) in [7, 11) is 0. The molecule has 0 atom stereocenters. The molecule has 0 saturated carbocycles. The first-order valence-corrected chi connectivity index (χ1v) is 7.93. The van der Waals surface area contributed by atoms with Crippen molar-refractivity contribution in [3.05, 3.63) is 6.33 Å². The van der Waals surface area contributed by atoms with Crippen LogP contribution in [0, 0.1) is 0 Å². The summed E-state index contributed by atoms with van der Waals surface area (Å²) in [6, 6.07) is 0. The topological polar surface area (TPSA) is 75.7 Å². The number of H-pyrrole nitrogens is 1. The minimum atomic E-state index is 0.565. The molecule has 2 rings (SSSR count). The molecule has 0 unspecified atom stereocenters. The number of nitrogens with one attached hydrogen (secondary N) is 2. The van der Waals surface area contributed by atoms with Crippen molar-refractivity contribution >= 4 is 17.1 Å². The zero-order valence-corrected chi connectivity index (χ0v) is 13.0. The molecule has 2 N–H and O–H groups in total. The summed E-state index contributed by atoms with van der Waals surface area (Å²) in [6.07, 6.45) is 9.09.